The highest BCUT2D eigenvalue weighted by molar-refractivity contribution is 5.79. The fourth-order valence-electron chi connectivity index (χ4n) is 3.80. The topological polar surface area (TPSA) is 76.7 Å². The van der Waals surface area contributed by atoms with Gasteiger partial charge in [-0.25, -0.2) is 0 Å². The van der Waals surface area contributed by atoms with Crippen molar-refractivity contribution < 1.29 is 19.1 Å². The van der Waals surface area contributed by atoms with Gasteiger partial charge in [-0.3, -0.25) is 9.59 Å². The number of benzene rings is 2. The lowest BCUT2D eigenvalue weighted by Gasteiger charge is -2.29. The lowest BCUT2D eigenvalue weighted by atomic mass is 9.90. The number of hydrogen-bond acceptors (Lipinski definition) is 4. The maximum Gasteiger partial charge on any atom is 0.224 e. The van der Waals surface area contributed by atoms with Gasteiger partial charge in [0.2, 0.25) is 11.8 Å². The van der Waals surface area contributed by atoms with E-state index in [9.17, 15) is 9.59 Å². The fraction of sp³-hybridized carbons (Fsp3) is 0.417. The number of ether oxygens (including phenoxy) is 2. The summed E-state index contributed by atoms with van der Waals surface area (Å²) >= 11 is 0. The first-order valence-corrected chi connectivity index (χ1v) is 10.4. The average Bonchev–Trinajstić information content (AvgIpc) is 2.76. The Labute approximate surface area is 178 Å². The third-order valence-corrected chi connectivity index (χ3v) is 5.50. The van der Waals surface area contributed by atoms with Gasteiger partial charge in [-0.2, -0.15) is 0 Å². The van der Waals surface area contributed by atoms with Gasteiger partial charge in [0.1, 0.15) is 11.5 Å². The summed E-state index contributed by atoms with van der Waals surface area (Å²) in [5, 5.41) is 6.25. The van der Waals surface area contributed by atoms with E-state index in [4.69, 9.17) is 9.47 Å². The SMILES string of the molecule is COc1ccc(CC(=O)NC2CCC(NC(=O)Cc3ccc(OC)cc3)CC2)cc1. The number of methoxy groups -OCH3 is 2. The Morgan fingerprint density at radius 1 is 0.700 bits per heavy atom. The number of amides is 2. The Morgan fingerprint density at radius 2 is 1.03 bits per heavy atom. The number of carbonyl (C=O) groups is 2. The molecule has 6 nitrogen and oxygen atoms in total. The molecule has 1 aliphatic rings. The van der Waals surface area contributed by atoms with Crippen LogP contribution >= 0.6 is 0 Å². The van der Waals surface area contributed by atoms with Gasteiger partial charge in [0.25, 0.3) is 0 Å². The molecule has 6 heteroatoms. The van der Waals surface area contributed by atoms with Crippen molar-refractivity contribution in [2.24, 2.45) is 0 Å². The predicted octanol–water partition coefficient (Wildman–Crippen LogP) is 3.03. The highest BCUT2D eigenvalue weighted by atomic mass is 16.5. The normalized spacial score (nSPS) is 18.3. The quantitative estimate of drug-likeness (QED) is 0.701. The van der Waals surface area contributed by atoms with E-state index in [1.165, 1.54) is 0 Å². The van der Waals surface area contributed by atoms with Gasteiger partial charge in [0.15, 0.2) is 0 Å². The van der Waals surface area contributed by atoms with E-state index in [0.717, 1.165) is 48.3 Å². The van der Waals surface area contributed by atoms with Crippen molar-refractivity contribution in [1.82, 2.24) is 10.6 Å². The third-order valence-electron chi connectivity index (χ3n) is 5.50. The summed E-state index contributed by atoms with van der Waals surface area (Å²) in [6, 6.07) is 15.4. The van der Waals surface area contributed by atoms with Gasteiger partial charge in [0, 0.05) is 12.1 Å². The van der Waals surface area contributed by atoms with E-state index in [2.05, 4.69) is 10.6 Å². The van der Waals surface area contributed by atoms with Crippen LogP contribution in [0.3, 0.4) is 0 Å². The molecule has 0 heterocycles. The molecular formula is C24H30N2O4. The molecule has 0 aromatic heterocycles. The van der Waals surface area contributed by atoms with Crippen LogP contribution in [-0.4, -0.2) is 38.1 Å². The van der Waals surface area contributed by atoms with Crippen LogP contribution in [0.15, 0.2) is 48.5 Å². The van der Waals surface area contributed by atoms with E-state index < -0.39 is 0 Å². The van der Waals surface area contributed by atoms with Crippen LogP contribution in [-0.2, 0) is 22.4 Å². The van der Waals surface area contributed by atoms with Gasteiger partial charge >= 0.3 is 0 Å². The minimum absolute atomic E-state index is 0.0344. The van der Waals surface area contributed by atoms with Crippen LogP contribution in [0.1, 0.15) is 36.8 Å². The van der Waals surface area contributed by atoms with Crippen molar-refractivity contribution in [3.05, 3.63) is 59.7 Å². The Balaban J connectivity index is 1.37. The van der Waals surface area contributed by atoms with E-state index in [-0.39, 0.29) is 23.9 Å². The number of hydrogen-bond donors (Lipinski definition) is 2. The van der Waals surface area contributed by atoms with Crippen LogP contribution in [0.5, 0.6) is 11.5 Å². The van der Waals surface area contributed by atoms with Crippen molar-refractivity contribution in [1.29, 1.82) is 0 Å². The lowest BCUT2D eigenvalue weighted by Crippen LogP contribution is -2.44. The fourth-order valence-corrected chi connectivity index (χ4v) is 3.80. The van der Waals surface area contributed by atoms with Gasteiger partial charge in [0.05, 0.1) is 27.1 Å². The summed E-state index contributed by atoms with van der Waals surface area (Å²) in [4.78, 5) is 24.6. The first-order valence-electron chi connectivity index (χ1n) is 10.4. The second-order valence-corrected chi connectivity index (χ2v) is 7.73. The Hall–Kier alpha value is -3.02. The van der Waals surface area contributed by atoms with E-state index in [0.29, 0.717) is 12.8 Å². The molecule has 0 bridgehead atoms. The second kappa shape index (κ2) is 10.7. The zero-order valence-electron chi connectivity index (χ0n) is 17.6. The molecule has 2 N–H and O–H groups in total. The molecule has 0 atom stereocenters. The van der Waals surface area contributed by atoms with Gasteiger partial charge in [-0.1, -0.05) is 24.3 Å². The average molecular weight is 411 g/mol. The molecule has 160 valence electrons. The summed E-state index contributed by atoms with van der Waals surface area (Å²) in [5.74, 6) is 1.64. The van der Waals surface area contributed by atoms with Crippen LogP contribution in [0.25, 0.3) is 0 Å². The molecule has 0 spiro atoms. The van der Waals surface area contributed by atoms with E-state index in [1.54, 1.807) is 14.2 Å². The summed E-state index contributed by atoms with van der Waals surface area (Å²) in [7, 11) is 3.25. The van der Waals surface area contributed by atoms with Crippen molar-refractivity contribution in [3.63, 3.8) is 0 Å². The van der Waals surface area contributed by atoms with Gasteiger partial charge in [-0.05, 0) is 61.1 Å². The Morgan fingerprint density at radius 3 is 1.33 bits per heavy atom. The zero-order chi connectivity index (χ0) is 21.3. The summed E-state index contributed by atoms with van der Waals surface area (Å²) in [5.41, 5.74) is 1.93. The molecular weight excluding hydrogens is 380 g/mol. The van der Waals surface area contributed by atoms with Crippen LogP contribution in [0.4, 0.5) is 0 Å². The highest BCUT2D eigenvalue weighted by Gasteiger charge is 2.23. The summed E-state index contributed by atoms with van der Waals surface area (Å²) in [6.45, 7) is 0. The third kappa shape index (κ3) is 6.51. The second-order valence-electron chi connectivity index (χ2n) is 7.73. The molecule has 0 unspecified atom stereocenters. The van der Waals surface area contributed by atoms with Gasteiger partial charge < -0.3 is 20.1 Å². The maximum atomic E-state index is 12.3. The van der Waals surface area contributed by atoms with Crippen molar-refractivity contribution in [2.75, 3.05) is 14.2 Å². The molecule has 2 aromatic rings. The molecule has 1 aliphatic carbocycles. The van der Waals surface area contributed by atoms with Crippen LogP contribution in [0.2, 0.25) is 0 Å². The van der Waals surface area contributed by atoms with Gasteiger partial charge in [-0.15, -0.1) is 0 Å². The van der Waals surface area contributed by atoms with Crippen molar-refractivity contribution in [2.45, 2.75) is 50.6 Å². The monoisotopic (exact) mass is 410 g/mol. The first kappa shape index (κ1) is 21.7. The number of carbonyl (C=O) groups excluding carboxylic acids is 2. The van der Waals surface area contributed by atoms with Crippen LogP contribution in [0, 0.1) is 0 Å². The zero-order valence-corrected chi connectivity index (χ0v) is 17.6. The highest BCUT2D eigenvalue weighted by Crippen LogP contribution is 2.20. The number of nitrogens with one attached hydrogen (secondary N) is 2. The number of rotatable bonds is 8. The van der Waals surface area contributed by atoms with Crippen molar-refractivity contribution in [3.8, 4) is 11.5 Å². The smallest absolute Gasteiger partial charge is 0.224 e. The first-order chi connectivity index (χ1) is 14.6. The molecule has 0 aliphatic heterocycles. The minimum atomic E-state index is 0.0344. The van der Waals surface area contributed by atoms with E-state index in [1.807, 2.05) is 48.5 Å². The molecule has 2 aromatic carbocycles. The molecule has 2 amide bonds. The maximum absolute atomic E-state index is 12.3. The Kier molecular flexibility index (Phi) is 7.71. The molecule has 1 fully saturated rings. The summed E-state index contributed by atoms with van der Waals surface area (Å²) in [6.07, 6.45) is 4.23. The Bertz CT molecular complexity index is 754. The standard InChI is InChI=1S/C24H30N2O4/c1-29-21-11-3-17(4-12-21)15-23(27)25-19-7-9-20(10-8-19)26-24(28)16-18-5-13-22(30-2)14-6-18/h3-6,11-14,19-20H,7-10,15-16H2,1-2H3,(H,25,27)(H,26,28). The molecule has 0 radical (unpaired) electrons. The lowest BCUT2D eigenvalue weighted by molar-refractivity contribution is -0.123. The minimum Gasteiger partial charge on any atom is -0.497 e. The molecule has 3 rings (SSSR count). The largest absolute Gasteiger partial charge is 0.497 e. The summed E-state index contributed by atoms with van der Waals surface area (Å²) < 4.78 is 10.3. The van der Waals surface area contributed by atoms with E-state index >= 15 is 0 Å². The molecule has 30 heavy (non-hydrogen) atoms. The van der Waals surface area contributed by atoms with Crippen molar-refractivity contribution >= 4 is 11.8 Å². The molecule has 0 saturated heterocycles. The predicted molar refractivity (Wildman–Crippen MR) is 116 cm³/mol. The molecule has 1 saturated carbocycles. The van der Waals surface area contributed by atoms with Crippen LogP contribution < -0.4 is 20.1 Å².